The van der Waals surface area contributed by atoms with E-state index in [9.17, 15) is 4.79 Å². The van der Waals surface area contributed by atoms with Gasteiger partial charge in [0.15, 0.2) is 0 Å². The molecule has 128 valence electrons. The van der Waals surface area contributed by atoms with Gasteiger partial charge in [0.2, 0.25) is 5.91 Å². The van der Waals surface area contributed by atoms with Gasteiger partial charge in [-0.1, -0.05) is 50.6 Å². The van der Waals surface area contributed by atoms with Crippen LogP contribution in [-0.2, 0) is 24.2 Å². The third-order valence-corrected chi connectivity index (χ3v) is 4.32. The number of aryl methyl sites for hydroxylation is 2. The minimum atomic E-state index is -0.00478. The Balaban J connectivity index is 2.23. The summed E-state index contributed by atoms with van der Waals surface area (Å²) in [6.07, 6.45) is 2.25. The summed E-state index contributed by atoms with van der Waals surface area (Å²) in [6, 6.07) is 11.8. The van der Waals surface area contributed by atoms with Gasteiger partial charge in [0, 0.05) is 17.7 Å². The maximum Gasteiger partial charge on any atom is 0.224 e. The summed E-state index contributed by atoms with van der Waals surface area (Å²) in [5.41, 5.74) is 4.14. The maximum atomic E-state index is 11.8. The van der Waals surface area contributed by atoms with Crippen molar-refractivity contribution in [1.82, 2.24) is 0 Å². The van der Waals surface area contributed by atoms with Crippen LogP contribution < -0.4 is 10.1 Å². The zero-order chi connectivity index (χ0) is 17.5. The van der Waals surface area contributed by atoms with Crippen molar-refractivity contribution < 1.29 is 9.53 Å². The van der Waals surface area contributed by atoms with Crippen LogP contribution in [0.15, 0.2) is 36.4 Å². The molecule has 0 aliphatic heterocycles. The van der Waals surface area contributed by atoms with Crippen LogP contribution in [0, 0.1) is 0 Å². The first-order valence-electron chi connectivity index (χ1n) is 8.40. The summed E-state index contributed by atoms with van der Waals surface area (Å²) in [5, 5.41) is 3.57. The van der Waals surface area contributed by atoms with Crippen LogP contribution in [0.2, 0.25) is 5.02 Å². The van der Waals surface area contributed by atoms with Gasteiger partial charge in [-0.25, -0.2) is 0 Å². The quantitative estimate of drug-likeness (QED) is 0.730. The molecular weight excluding hydrogens is 322 g/mol. The fraction of sp³-hybridized carbons (Fsp3) is 0.350. The van der Waals surface area contributed by atoms with Crippen molar-refractivity contribution in [2.75, 3.05) is 5.32 Å². The van der Waals surface area contributed by atoms with Crippen molar-refractivity contribution in [3.05, 3.63) is 58.1 Å². The van der Waals surface area contributed by atoms with Gasteiger partial charge in [0.25, 0.3) is 0 Å². The molecule has 4 heteroatoms. The van der Waals surface area contributed by atoms with E-state index in [1.807, 2.05) is 37.3 Å². The van der Waals surface area contributed by atoms with Crippen LogP contribution >= 0.6 is 11.6 Å². The molecule has 0 saturated carbocycles. The highest BCUT2D eigenvalue weighted by Gasteiger charge is 2.11. The monoisotopic (exact) mass is 345 g/mol. The lowest BCUT2D eigenvalue weighted by molar-refractivity contribution is -0.115. The molecule has 0 aliphatic rings. The van der Waals surface area contributed by atoms with Gasteiger partial charge in [-0.3, -0.25) is 4.79 Å². The summed E-state index contributed by atoms with van der Waals surface area (Å²) in [4.78, 5) is 11.8. The predicted molar refractivity (Wildman–Crippen MR) is 99.9 cm³/mol. The number of ether oxygens (including phenoxy) is 1. The Bertz CT molecular complexity index is 713. The Morgan fingerprint density at radius 3 is 2.54 bits per heavy atom. The van der Waals surface area contributed by atoms with Crippen LogP contribution in [0.25, 0.3) is 0 Å². The average Bonchev–Trinajstić information content (AvgIpc) is 2.60. The van der Waals surface area contributed by atoms with Crippen LogP contribution in [0.4, 0.5) is 5.69 Å². The standard InChI is InChI=1S/C20H24ClNO2/c1-4-14-10-11-19(17(21)12-14)24-13-16-15(5-2)8-7-9-18(16)22-20(23)6-3/h7-12H,4-6,13H2,1-3H3,(H,22,23). The van der Waals surface area contributed by atoms with Crippen molar-refractivity contribution in [1.29, 1.82) is 0 Å². The minimum Gasteiger partial charge on any atom is -0.487 e. The Hall–Kier alpha value is -2.00. The van der Waals surface area contributed by atoms with Gasteiger partial charge >= 0.3 is 0 Å². The number of carbonyl (C=O) groups is 1. The molecule has 1 amide bonds. The molecule has 2 rings (SSSR count). The highest BCUT2D eigenvalue weighted by Crippen LogP contribution is 2.28. The van der Waals surface area contributed by atoms with E-state index in [1.165, 1.54) is 5.56 Å². The van der Waals surface area contributed by atoms with Crippen molar-refractivity contribution in [3.63, 3.8) is 0 Å². The zero-order valence-corrected chi connectivity index (χ0v) is 15.2. The first-order chi connectivity index (χ1) is 11.6. The molecule has 0 unspecified atom stereocenters. The predicted octanol–water partition coefficient (Wildman–Crippen LogP) is 5.39. The van der Waals surface area contributed by atoms with E-state index < -0.39 is 0 Å². The van der Waals surface area contributed by atoms with Gasteiger partial charge in [-0.05, 0) is 42.2 Å². The van der Waals surface area contributed by atoms with Crippen LogP contribution in [-0.4, -0.2) is 5.91 Å². The molecule has 0 aromatic heterocycles. The number of benzene rings is 2. The molecule has 3 nitrogen and oxygen atoms in total. The minimum absolute atomic E-state index is 0.00478. The molecule has 0 aliphatic carbocycles. The van der Waals surface area contributed by atoms with Gasteiger partial charge in [0.1, 0.15) is 12.4 Å². The number of carbonyl (C=O) groups excluding carboxylic acids is 1. The van der Waals surface area contributed by atoms with E-state index in [-0.39, 0.29) is 5.91 Å². The number of amides is 1. The Morgan fingerprint density at radius 1 is 1.12 bits per heavy atom. The molecule has 1 N–H and O–H groups in total. The third kappa shape index (κ3) is 4.51. The molecule has 0 bridgehead atoms. The molecule has 0 heterocycles. The third-order valence-electron chi connectivity index (χ3n) is 4.03. The highest BCUT2D eigenvalue weighted by molar-refractivity contribution is 6.32. The van der Waals surface area contributed by atoms with Crippen molar-refractivity contribution >= 4 is 23.2 Å². The molecule has 0 radical (unpaired) electrons. The normalized spacial score (nSPS) is 10.5. The lowest BCUT2D eigenvalue weighted by atomic mass is 10.0. The zero-order valence-electron chi connectivity index (χ0n) is 14.5. The van der Waals surface area contributed by atoms with E-state index in [0.29, 0.717) is 23.8 Å². The topological polar surface area (TPSA) is 38.3 Å². The second-order valence-electron chi connectivity index (χ2n) is 5.61. The second kappa shape index (κ2) is 8.74. The molecule has 24 heavy (non-hydrogen) atoms. The fourth-order valence-corrected chi connectivity index (χ4v) is 2.78. The Kier molecular flexibility index (Phi) is 6.68. The molecule has 0 fully saturated rings. The maximum absolute atomic E-state index is 11.8. The number of halogens is 1. The van der Waals surface area contributed by atoms with E-state index >= 15 is 0 Å². The SMILES string of the molecule is CCC(=O)Nc1cccc(CC)c1COc1ccc(CC)cc1Cl. The number of hydrogen-bond donors (Lipinski definition) is 1. The molecule has 0 spiro atoms. The summed E-state index contributed by atoms with van der Waals surface area (Å²) in [7, 11) is 0. The first kappa shape index (κ1) is 18.3. The van der Waals surface area contributed by atoms with Crippen LogP contribution in [0.3, 0.4) is 0 Å². The largest absolute Gasteiger partial charge is 0.487 e. The summed E-state index contributed by atoms with van der Waals surface area (Å²) in [5.74, 6) is 0.655. The average molecular weight is 346 g/mol. The molecule has 0 saturated heterocycles. The smallest absolute Gasteiger partial charge is 0.224 e. The van der Waals surface area contributed by atoms with Crippen molar-refractivity contribution in [2.45, 2.75) is 46.6 Å². The van der Waals surface area contributed by atoms with Crippen molar-refractivity contribution in [3.8, 4) is 5.75 Å². The molecule has 2 aromatic carbocycles. The second-order valence-corrected chi connectivity index (χ2v) is 6.01. The number of rotatable bonds is 7. The highest BCUT2D eigenvalue weighted by atomic mass is 35.5. The van der Waals surface area contributed by atoms with Crippen molar-refractivity contribution in [2.24, 2.45) is 0 Å². The molecule has 0 atom stereocenters. The lowest BCUT2D eigenvalue weighted by Crippen LogP contribution is -2.13. The number of hydrogen-bond acceptors (Lipinski definition) is 2. The Morgan fingerprint density at radius 2 is 1.92 bits per heavy atom. The first-order valence-corrected chi connectivity index (χ1v) is 8.78. The summed E-state index contributed by atoms with van der Waals surface area (Å²) >= 11 is 6.30. The Labute approximate surface area is 149 Å². The summed E-state index contributed by atoms with van der Waals surface area (Å²) < 4.78 is 5.94. The molecular formula is C20H24ClNO2. The van der Waals surface area contributed by atoms with E-state index in [1.54, 1.807) is 0 Å². The van der Waals surface area contributed by atoms with E-state index in [2.05, 4.69) is 25.2 Å². The van der Waals surface area contributed by atoms with Gasteiger partial charge in [-0.2, -0.15) is 0 Å². The summed E-state index contributed by atoms with van der Waals surface area (Å²) in [6.45, 7) is 6.39. The van der Waals surface area contributed by atoms with Crippen LogP contribution in [0.1, 0.15) is 43.9 Å². The fourth-order valence-electron chi connectivity index (χ4n) is 2.52. The van der Waals surface area contributed by atoms with E-state index in [4.69, 9.17) is 16.3 Å². The van der Waals surface area contributed by atoms with Gasteiger partial charge < -0.3 is 10.1 Å². The lowest BCUT2D eigenvalue weighted by Gasteiger charge is -2.16. The number of nitrogens with one attached hydrogen (secondary N) is 1. The van der Waals surface area contributed by atoms with E-state index in [0.717, 1.165) is 29.7 Å². The molecule has 2 aromatic rings. The van der Waals surface area contributed by atoms with Gasteiger partial charge in [0.05, 0.1) is 5.02 Å². The van der Waals surface area contributed by atoms with Gasteiger partial charge in [-0.15, -0.1) is 0 Å². The van der Waals surface area contributed by atoms with Crippen LogP contribution in [0.5, 0.6) is 5.75 Å². The number of anilines is 1.